The topological polar surface area (TPSA) is 60.9 Å². The Kier molecular flexibility index (Phi) is 7.61. The van der Waals surface area contributed by atoms with Crippen LogP contribution >= 0.6 is 0 Å². The minimum atomic E-state index is -5.00. The van der Waals surface area contributed by atoms with Gasteiger partial charge in [-0.15, -0.1) is 0 Å². The lowest BCUT2D eigenvalue weighted by Crippen LogP contribution is -2.48. The van der Waals surface area contributed by atoms with Crippen molar-refractivity contribution in [3.05, 3.63) is 70.3 Å². The van der Waals surface area contributed by atoms with Crippen LogP contribution in [0.2, 0.25) is 0 Å². The van der Waals surface area contributed by atoms with Crippen LogP contribution in [0.1, 0.15) is 53.1 Å². The number of carbonyl (C=O) groups excluding carboxylic acids is 1. The van der Waals surface area contributed by atoms with Crippen molar-refractivity contribution in [3.8, 4) is 0 Å². The fourth-order valence-corrected chi connectivity index (χ4v) is 4.64. The zero-order valence-corrected chi connectivity index (χ0v) is 19.8. The molecule has 1 aliphatic rings. The molecule has 0 spiro atoms. The Morgan fingerprint density at radius 2 is 1.58 bits per heavy atom. The second kappa shape index (κ2) is 10.0. The van der Waals surface area contributed by atoms with Crippen molar-refractivity contribution >= 4 is 12.0 Å². The Morgan fingerprint density at radius 1 is 1.03 bits per heavy atom. The van der Waals surface area contributed by atoms with E-state index in [4.69, 9.17) is 0 Å². The van der Waals surface area contributed by atoms with Gasteiger partial charge in [-0.3, -0.25) is 4.79 Å². The average molecular weight is 516 g/mol. The van der Waals surface area contributed by atoms with Gasteiger partial charge < -0.3 is 14.9 Å². The lowest BCUT2D eigenvalue weighted by Gasteiger charge is -2.40. The van der Waals surface area contributed by atoms with Gasteiger partial charge in [0.05, 0.1) is 17.2 Å². The van der Waals surface area contributed by atoms with E-state index in [1.807, 2.05) is 13.0 Å². The van der Waals surface area contributed by atoms with Crippen LogP contribution in [0.25, 0.3) is 0 Å². The molecule has 0 bridgehead atoms. The number of hydrogen-bond acceptors (Lipinski definition) is 2. The molecule has 0 radical (unpaired) electrons. The van der Waals surface area contributed by atoms with Crippen molar-refractivity contribution in [2.45, 2.75) is 44.6 Å². The first-order valence-corrected chi connectivity index (χ1v) is 11.2. The molecule has 1 aliphatic heterocycles. The number of benzene rings is 2. The van der Waals surface area contributed by atoms with Crippen LogP contribution in [-0.2, 0) is 17.1 Å². The van der Waals surface area contributed by atoms with Crippen molar-refractivity contribution < 1.29 is 41.0 Å². The van der Waals surface area contributed by atoms with Crippen LogP contribution in [-0.4, -0.2) is 47.0 Å². The van der Waals surface area contributed by atoms with Gasteiger partial charge in [-0.05, 0) is 55.2 Å². The summed E-state index contributed by atoms with van der Waals surface area (Å²) in [5.74, 6) is -1.71. The zero-order valence-electron chi connectivity index (χ0n) is 19.8. The first kappa shape index (κ1) is 27.3. The predicted octanol–water partition coefficient (Wildman–Crippen LogP) is 6.34. The first-order chi connectivity index (χ1) is 16.6. The van der Waals surface area contributed by atoms with E-state index in [9.17, 15) is 41.0 Å². The molecular formula is C25H26F6N2O3. The van der Waals surface area contributed by atoms with Crippen molar-refractivity contribution in [1.82, 2.24) is 9.80 Å². The third-order valence-electron chi connectivity index (χ3n) is 6.81. The summed E-state index contributed by atoms with van der Waals surface area (Å²) in [4.78, 5) is 27.5. The molecule has 0 saturated carbocycles. The molecule has 1 fully saturated rings. The highest BCUT2D eigenvalue weighted by atomic mass is 19.4. The summed E-state index contributed by atoms with van der Waals surface area (Å²) >= 11 is 0. The Bertz CT molecular complexity index is 1100. The summed E-state index contributed by atoms with van der Waals surface area (Å²) in [7, 11) is 1.33. The van der Waals surface area contributed by atoms with Crippen molar-refractivity contribution in [2.24, 2.45) is 5.92 Å². The number of nitrogens with zero attached hydrogens (tertiary/aromatic N) is 2. The number of piperidine rings is 1. The Balaban J connectivity index is 1.97. The lowest BCUT2D eigenvalue weighted by molar-refractivity contribution is -0.143. The van der Waals surface area contributed by atoms with Crippen molar-refractivity contribution in [1.29, 1.82) is 0 Å². The quantitative estimate of drug-likeness (QED) is 0.483. The molecule has 1 heterocycles. The fourth-order valence-electron chi connectivity index (χ4n) is 4.64. The van der Waals surface area contributed by atoms with E-state index in [0.29, 0.717) is 12.1 Å². The maximum atomic E-state index is 13.6. The first-order valence-electron chi connectivity index (χ1n) is 11.2. The standard InChI is InChI=1S/C25H26F6N2O3/c1-14-6-4-5-7-19(14)21-13-33(23(35)36)9-8-20(21)22(34)32(3)15(2)16-10-17(24(26,27)28)12-18(11-16)25(29,30)31/h4-7,10-12,15,20-21H,8-9,13H2,1-3H3,(H,35,36)/t15-,20-,21+/m0/s1. The van der Waals surface area contributed by atoms with E-state index < -0.39 is 53.4 Å². The maximum Gasteiger partial charge on any atom is 0.416 e. The predicted molar refractivity (Wildman–Crippen MR) is 119 cm³/mol. The average Bonchev–Trinajstić information content (AvgIpc) is 2.81. The largest absolute Gasteiger partial charge is 0.465 e. The number of alkyl halides is 6. The molecule has 5 nitrogen and oxygen atoms in total. The highest BCUT2D eigenvalue weighted by Crippen LogP contribution is 2.40. The lowest BCUT2D eigenvalue weighted by atomic mass is 9.78. The summed E-state index contributed by atoms with van der Waals surface area (Å²) < 4.78 is 80.0. The second-order valence-electron chi connectivity index (χ2n) is 9.05. The molecular weight excluding hydrogens is 490 g/mol. The van der Waals surface area contributed by atoms with Gasteiger partial charge in [-0.2, -0.15) is 26.3 Å². The molecule has 2 amide bonds. The second-order valence-corrected chi connectivity index (χ2v) is 9.05. The van der Waals surface area contributed by atoms with Crippen molar-refractivity contribution in [3.63, 3.8) is 0 Å². The Hall–Kier alpha value is -3.24. The highest BCUT2D eigenvalue weighted by molar-refractivity contribution is 5.81. The number of likely N-dealkylation sites (tertiary alicyclic amines) is 1. The van der Waals surface area contributed by atoms with Crippen LogP contribution in [0.15, 0.2) is 42.5 Å². The van der Waals surface area contributed by atoms with E-state index in [1.54, 1.807) is 18.2 Å². The van der Waals surface area contributed by atoms with Gasteiger partial charge in [0, 0.05) is 32.0 Å². The van der Waals surface area contributed by atoms with Crippen LogP contribution < -0.4 is 0 Å². The molecule has 2 aromatic carbocycles. The number of rotatable bonds is 4. The van der Waals surface area contributed by atoms with Gasteiger partial charge >= 0.3 is 18.4 Å². The summed E-state index contributed by atoms with van der Waals surface area (Å²) in [5, 5.41) is 9.47. The van der Waals surface area contributed by atoms with Crippen LogP contribution in [0.3, 0.4) is 0 Å². The summed E-state index contributed by atoms with van der Waals surface area (Å²) in [6.45, 7) is 3.31. The van der Waals surface area contributed by atoms with Crippen LogP contribution in [0, 0.1) is 12.8 Å². The number of carbonyl (C=O) groups is 2. The molecule has 0 aliphatic carbocycles. The number of hydrogen-bond donors (Lipinski definition) is 1. The number of halogens is 6. The molecule has 3 atom stereocenters. The molecule has 2 aromatic rings. The molecule has 3 rings (SSSR count). The van der Waals surface area contributed by atoms with Gasteiger partial charge in [0.25, 0.3) is 0 Å². The van der Waals surface area contributed by atoms with Gasteiger partial charge in [-0.1, -0.05) is 24.3 Å². The smallest absolute Gasteiger partial charge is 0.416 e. The van der Waals surface area contributed by atoms with Gasteiger partial charge in [0.15, 0.2) is 0 Å². The van der Waals surface area contributed by atoms with Gasteiger partial charge in [0.1, 0.15) is 0 Å². The SMILES string of the molecule is Cc1ccccc1[C@H]1CN(C(=O)O)CC[C@@H]1C(=O)N(C)[C@@H](C)c1cc(C(F)(F)F)cc(C(F)(F)F)c1. The Labute approximate surface area is 204 Å². The summed E-state index contributed by atoms with van der Waals surface area (Å²) in [6, 6.07) is 7.36. The minimum absolute atomic E-state index is 0.0423. The van der Waals surface area contributed by atoms with E-state index >= 15 is 0 Å². The third kappa shape index (κ3) is 5.76. The molecule has 36 heavy (non-hydrogen) atoms. The summed E-state index contributed by atoms with van der Waals surface area (Å²) in [5.41, 5.74) is -1.60. The Morgan fingerprint density at radius 3 is 2.08 bits per heavy atom. The van der Waals surface area contributed by atoms with Gasteiger partial charge in [-0.25, -0.2) is 4.79 Å². The number of amides is 2. The normalized spacial score (nSPS) is 19.6. The number of aryl methyl sites for hydroxylation is 1. The minimum Gasteiger partial charge on any atom is -0.465 e. The molecule has 196 valence electrons. The van der Waals surface area contributed by atoms with Crippen molar-refractivity contribution in [2.75, 3.05) is 20.1 Å². The zero-order chi connectivity index (χ0) is 27.0. The van der Waals surface area contributed by atoms with E-state index in [0.717, 1.165) is 16.0 Å². The van der Waals surface area contributed by atoms with Gasteiger partial charge in [0.2, 0.25) is 5.91 Å². The highest BCUT2D eigenvalue weighted by Gasteiger charge is 2.41. The fraction of sp³-hybridized carbons (Fsp3) is 0.440. The molecule has 11 heteroatoms. The summed E-state index contributed by atoms with van der Waals surface area (Å²) in [6.07, 6.45) is -11.0. The monoisotopic (exact) mass is 516 g/mol. The molecule has 0 unspecified atom stereocenters. The third-order valence-corrected chi connectivity index (χ3v) is 6.81. The van der Waals surface area contributed by atoms with E-state index in [1.165, 1.54) is 18.9 Å². The van der Waals surface area contributed by atoms with Crippen LogP contribution in [0.5, 0.6) is 0 Å². The number of carboxylic acid groups (broad SMARTS) is 1. The maximum absolute atomic E-state index is 13.6. The molecule has 1 N–H and O–H groups in total. The molecule has 0 aromatic heterocycles. The van der Waals surface area contributed by atoms with E-state index in [-0.39, 0.29) is 31.1 Å². The molecule has 1 saturated heterocycles. The van der Waals surface area contributed by atoms with E-state index in [2.05, 4.69) is 0 Å². The van der Waals surface area contributed by atoms with Crippen LogP contribution in [0.4, 0.5) is 31.1 Å².